The second kappa shape index (κ2) is 9.62. The molecule has 0 fully saturated rings. The van der Waals surface area contributed by atoms with Crippen molar-refractivity contribution in [1.82, 2.24) is 25.4 Å². The number of hydrogen-bond acceptors (Lipinski definition) is 5. The molecule has 2 N–H and O–H groups in total. The summed E-state index contributed by atoms with van der Waals surface area (Å²) in [7, 11) is 0. The third kappa shape index (κ3) is 5.37. The van der Waals surface area contributed by atoms with Crippen molar-refractivity contribution in [3.05, 3.63) is 51.6 Å². The van der Waals surface area contributed by atoms with E-state index in [0.717, 1.165) is 43.1 Å². The number of non-ortho nitro benzene ring substituents is 1. The van der Waals surface area contributed by atoms with E-state index in [1.54, 1.807) is 12.1 Å². The maximum atomic E-state index is 10.9. The average Bonchev–Trinajstić information content (AvgIpc) is 3.01. The van der Waals surface area contributed by atoms with Crippen LogP contribution in [-0.4, -0.2) is 32.2 Å². The SMILES string of the molecule is CCNC(=NCc1cccc([N+](=O)[O-])c1)NC1CCCn2nc(C)nc21.I. The van der Waals surface area contributed by atoms with Crippen LogP contribution in [0, 0.1) is 17.0 Å². The van der Waals surface area contributed by atoms with Gasteiger partial charge in [0, 0.05) is 25.2 Å². The van der Waals surface area contributed by atoms with E-state index in [4.69, 9.17) is 0 Å². The summed E-state index contributed by atoms with van der Waals surface area (Å²) in [5.41, 5.74) is 0.866. The number of guanidine groups is 1. The molecule has 1 aromatic heterocycles. The van der Waals surface area contributed by atoms with E-state index in [9.17, 15) is 10.1 Å². The fraction of sp³-hybridized carbons (Fsp3) is 0.471. The summed E-state index contributed by atoms with van der Waals surface area (Å²) >= 11 is 0. The molecule has 146 valence electrons. The molecule has 1 aliphatic heterocycles. The smallest absolute Gasteiger partial charge is 0.269 e. The Labute approximate surface area is 174 Å². The van der Waals surface area contributed by atoms with E-state index in [2.05, 4.69) is 25.7 Å². The van der Waals surface area contributed by atoms with Gasteiger partial charge in [-0.3, -0.25) is 10.1 Å². The fourth-order valence-electron chi connectivity index (χ4n) is 3.03. The number of fused-ring (bicyclic) bond motifs is 1. The van der Waals surface area contributed by atoms with Crippen LogP contribution in [0.3, 0.4) is 0 Å². The molecule has 0 saturated carbocycles. The minimum atomic E-state index is -0.395. The predicted molar refractivity (Wildman–Crippen MR) is 113 cm³/mol. The van der Waals surface area contributed by atoms with Crippen LogP contribution in [0.1, 0.15) is 43.0 Å². The maximum absolute atomic E-state index is 10.9. The summed E-state index contributed by atoms with van der Waals surface area (Å²) in [6.45, 7) is 5.85. The highest BCUT2D eigenvalue weighted by atomic mass is 127. The molecule has 9 nitrogen and oxygen atoms in total. The first-order chi connectivity index (χ1) is 12.6. The van der Waals surface area contributed by atoms with Crippen molar-refractivity contribution in [3.63, 3.8) is 0 Å². The number of aliphatic imine (C=N–C) groups is 1. The third-order valence-electron chi connectivity index (χ3n) is 4.18. The van der Waals surface area contributed by atoms with Crippen molar-refractivity contribution in [2.45, 2.75) is 45.8 Å². The Kier molecular flexibility index (Phi) is 7.51. The van der Waals surface area contributed by atoms with E-state index in [-0.39, 0.29) is 35.7 Å². The second-order valence-electron chi connectivity index (χ2n) is 6.20. The van der Waals surface area contributed by atoms with Gasteiger partial charge in [-0.05, 0) is 32.3 Å². The van der Waals surface area contributed by atoms with Gasteiger partial charge in [0.1, 0.15) is 11.6 Å². The molecule has 0 spiro atoms. The number of rotatable bonds is 5. The Bertz CT molecular complexity index is 821. The van der Waals surface area contributed by atoms with Crippen molar-refractivity contribution < 1.29 is 4.92 Å². The summed E-state index contributed by atoms with van der Waals surface area (Å²) in [5.74, 6) is 2.36. The van der Waals surface area contributed by atoms with Gasteiger partial charge in [-0.15, -0.1) is 24.0 Å². The topological polar surface area (TPSA) is 110 Å². The number of nitrogens with one attached hydrogen (secondary N) is 2. The summed E-state index contributed by atoms with van der Waals surface area (Å²) < 4.78 is 1.95. The standard InChI is InChI=1S/C17H23N7O2.HI/c1-3-18-17(19-11-13-6-4-7-14(10-13)24(25)26)21-15-8-5-9-23-16(15)20-12(2)22-23;/h4,6-7,10,15H,3,5,8-9,11H2,1-2H3,(H2,18,19,21);1H. The predicted octanol–water partition coefficient (Wildman–Crippen LogP) is 2.70. The van der Waals surface area contributed by atoms with E-state index in [1.165, 1.54) is 6.07 Å². The van der Waals surface area contributed by atoms with Crippen LogP contribution in [0.15, 0.2) is 29.3 Å². The molecule has 1 aliphatic rings. The van der Waals surface area contributed by atoms with Gasteiger partial charge in [-0.25, -0.2) is 14.7 Å². The number of hydrogen-bond donors (Lipinski definition) is 2. The number of benzene rings is 1. The zero-order chi connectivity index (χ0) is 18.5. The van der Waals surface area contributed by atoms with Crippen molar-refractivity contribution in [2.24, 2.45) is 4.99 Å². The largest absolute Gasteiger partial charge is 0.357 e. The monoisotopic (exact) mass is 485 g/mol. The van der Waals surface area contributed by atoms with E-state index >= 15 is 0 Å². The van der Waals surface area contributed by atoms with Crippen LogP contribution < -0.4 is 10.6 Å². The van der Waals surface area contributed by atoms with Crippen LogP contribution in [-0.2, 0) is 13.1 Å². The molecule has 0 saturated heterocycles. The molecular weight excluding hydrogens is 461 g/mol. The van der Waals surface area contributed by atoms with E-state index in [0.29, 0.717) is 12.5 Å². The highest BCUT2D eigenvalue weighted by Gasteiger charge is 2.24. The van der Waals surface area contributed by atoms with Crippen LogP contribution >= 0.6 is 24.0 Å². The normalized spacial score (nSPS) is 16.2. The maximum Gasteiger partial charge on any atom is 0.269 e. The Morgan fingerprint density at radius 2 is 2.30 bits per heavy atom. The first-order valence-electron chi connectivity index (χ1n) is 8.76. The van der Waals surface area contributed by atoms with Gasteiger partial charge < -0.3 is 10.6 Å². The average molecular weight is 485 g/mol. The molecule has 2 heterocycles. The van der Waals surface area contributed by atoms with Gasteiger partial charge in [0.05, 0.1) is 17.5 Å². The molecule has 0 amide bonds. The van der Waals surface area contributed by atoms with Crippen LogP contribution in [0.4, 0.5) is 5.69 Å². The number of aromatic nitrogens is 3. The van der Waals surface area contributed by atoms with Gasteiger partial charge >= 0.3 is 0 Å². The molecule has 1 unspecified atom stereocenters. The summed E-state index contributed by atoms with van der Waals surface area (Å²) in [6, 6.07) is 6.59. The third-order valence-corrected chi connectivity index (χ3v) is 4.18. The molecule has 2 aromatic rings. The lowest BCUT2D eigenvalue weighted by molar-refractivity contribution is -0.384. The highest BCUT2D eigenvalue weighted by Crippen LogP contribution is 2.23. The molecule has 0 aliphatic carbocycles. The van der Waals surface area contributed by atoms with Gasteiger partial charge in [0.2, 0.25) is 0 Å². The lowest BCUT2D eigenvalue weighted by Crippen LogP contribution is -2.41. The van der Waals surface area contributed by atoms with E-state index in [1.807, 2.05) is 24.6 Å². The lowest BCUT2D eigenvalue weighted by atomic mass is 10.1. The summed E-state index contributed by atoms with van der Waals surface area (Å²) in [6.07, 6.45) is 1.98. The highest BCUT2D eigenvalue weighted by molar-refractivity contribution is 14.0. The van der Waals surface area contributed by atoms with E-state index < -0.39 is 4.92 Å². The Hall–Kier alpha value is -2.24. The minimum absolute atomic E-state index is 0. The molecule has 27 heavy (non-hydrogen) atoms. The fourth-order valence-corrected chi connectivity index (χ4v) is 3.03. The Balaban J connectivity index is 0.00000261. The molecule has 3 rings (SSSR count). The van der Waals surface area contributed by atoms with Gasteiger partial charge in [-0.1, -0.05) is 12.1 Å². The molecule has 0 radical (unpaired) electrons. The summed E-state index contributed by atoms with van der Waals surface area (Å²) in [4.78, 5) is 19.6. The lowest BCUT2D eigenvalue weighted by Gasteiger charge is -2.25. The van der Waals surface area contributed by atoms with Gasteiger partial charge in [0.25, 0.3) is 5.69 Å². The van der Waals surface area contributed by atoms with Gasteiger partial charge in [0.15, 0.2) is 5.96 Å². The van der Waals surface area contributed by atoms with Crippen molar-refractivity contribution in [3.8, 4) is 0 Å². The minimum Gasteiger partial charge on any atom is -0.357 e. The Morgan fingerprint density at radius 1 is 1.48 bits per heavy atom. The van der Waals surface area contributed by atoms with Crippen LogP contribution in [0.2, 0.25) is 0 Å². The number of halogens is 1. The van der Waals surface area contributed by atoms with Crippen molar-refractivity contribution in [2.75, 3.05) is 6.54 Å². The number of nitro benzene ring substituents is 1. The Morgan fingerprint density at radius 3 is 3.04 bits per heavy atom. The zero-order valence-corrected chi connectivity index (χ0v) is 17.7. The second-order valence-corrected chi connectivity index (χ2v) is 6.20. The van der Waals surface area contributed by atoms with Crippen molar-refractivity contribution >= 4 is 35.6 Å². The quantitative estimate of drug-likeness (QED) is 0.222. The molecule has 0 bridgehead atoms. The molecule has 1 atom stereocenters. The molecule has 1 aromatic carbocycles. The number of nitrogens with zero attached hydrogens (tertiary/aromatic N) is 5. The van der Waals surface area contributed by atoms with Crippen molar-refractivity contribution in [1.29, 1.82) is 0 Å². The number of nitro groups is 1. The number of aryl methyl sites for hydroxylation is 2. The molecular formula is C17H24IN7O2. The van der Waals surface area contributed by atoms with Crippen LogP contribution in [0.5, 0.6) is 0 Å². The zero-order valence-electron chi connectivity index (χ0n) is 15.4. The van der Waals surface area contributed by atoms with Crippen LogP contribution in [0.25, 0.3) is 0 Å². The molecule has 10 heteroatoms. The first-order valence-corrected chi connectivity index (χ1v) is 8.76. The van der Waals surface area contributed by atoms with Gasteiger partial charge in [-0.2, -0.15) is 5.10 Å². The first kappa shape index (κ1) is 21.1. The summed E-state index contributed by atoms with van der Waals surface area (Å²) in [5, 5.41) is 22.0.